The van der Waals surface area contributed by atoms with Crippen LogP contribution < -0.4 is 4.90 Å². The second-order valence-corrected chi connectivity index (χ2v) is 11.7. The van der Waals surface area contributed by atoms with Crippen molar-refractivity contribution in [1.29, 1.82) is 0 Å². The van der Waals surface area contributed by atoms with E-state index >= 15 is 0 Å². The molecule has 0 unspecified atom stereocenters. The molecule has 2 heterocycles. The van der Waals surface area contributed by atoms with E-state index in [0.717, 1.165) is 21.6 Å². The van der Waals surface area contributed by atoms with E-state index in [1.807, 2.05) is 30.3 Å². The highest BCUT2D eigenvalue weighted by atomic mass is 32.2. The number of nitro benzene ring substituents is 1. The summed E-state index contributed by atoms with van der Waals surface area (Å²) in [5.41, 5.74) is 5.88. The molecule has 0 atom stereocenters. The van der Waals surface area contributed by atoms with Crippen molar-refractivity contribution in [2.75, 3.05) is 10.7 Å². The number of aromatic nitrogens is 1. The van der Waals surface area contributed by atoms with Crippen LogP contribution in [0.4, 0.5) is 11.4 Å². The number of nitrogens with zero attached hydrogens (tertiary/aromatic N) is 3. The van der Waals surface area contributed by atoms with Gasteiger partial charge in [0.1, 0.15) is 5.56 Å². The molecule has 5 aromatic rings. The molecule has 4 aromatic carbocycles. The Morgan fingerprint density at radius 3 is 2.58 bits per heavy atom. The van der Waals surface area contributed by atoms with E-state index in [1.54, 1.807) is 18.2 Å². The van der Waals surface area contributed by atoms with Crippen LogP contribution in [-0.2, 0) is 6.42 Å². The van der Waals surface area contributed by atoms with Crippen LogP contribution in [0.15, 0.2) is 83.2 Å². The quantitative estimate of drug-likeness (QED) is 0.0743. The zero-order chi connectivity index (χ0) is 27.5. The van der Waals surface area contributed by atoms with Crippen LogP contribution >= 0.6 is 23.1 Å². The van der Waals surface area contributed by atoms with Crippen LogP contribution in [0.2, 0.25) is 0 Å². The molecule has 7 rings (SSSR count). The highest BCUT2D eigenvalue weighted by Gasteiger charge is 2.41. The number of ketones is 1. The fourth-order valence-electron chi connectivity index (χ4n) is 5.28. The highest BCUT2D eigenvalue weighted by Crippen LogP contribution is 2.39. The molecular weight excluding hydrogens is 546 g/mol. The molecular formula is C30H17N3O5S2. The summed E-state index contributed by atoms with van der Waals surface area (Å²) in [4.78, 5) is 55.4. The second-order valence-electron chi connectivity index (χ2n) is 9.45. The number of carbonyl (C=O) groups excluding carboxylic acids is 3. The van der Waals surface area contributed by atoms with Gasteiger partial charge in [0.15, 0.2) is 10.1 Å². The van der Waals surface area contributed by atoms with Gasteiger partial charge in [-0.1, -0.05) is 54.2 Å². The summed E-state index contributed by atoms with van der Waals surface area (Å²) < 4.78 is 1.42. The average Bonchev–Trinajstić information content (AvgIpc) is 3.62. The van der Waals surface area contributed by atoms with Crippen LogP contribution in [0.25, 0.3) is 21.3 Å². The van der Waals surface area contributed by atoms with Crippen molar-refractivity contribution in [2.24, 2.45) is 0 Å². The smallest absolute Gasteiger partial charge is 0.283 e. The lowest BCUT2D eigenvalue weighted by Gasteiger charge is -2.13. The van der Waals surface area contributed by atoms with E-state index in [1.165, 1.54) is 58.0 Å². The van der Waals surface area contributed by atoms with Gasteiger partial charge in [-0.05, 0) is 59.0 Å². The van der Waals surface area contributed by atoms with Crippen LogP contribution in [0, 0.1) is 10.1 Å². The van der Waals surface area contributed by atoms with Gasteiger partial charge in [-0.15, -0.1) is 11.3 Å². The molecule has 40 heavy (non-hydrogen) atoms. The monoisotopic (exact) mass is 563 g/mol. The first-order valence-corrected chi connectivity index (χ1v) is 14.1. The Kier molecular flexibility index (Phi) is 5.62. The van der Waals surface area contributed by atoms with Crippen molar-refractivity contribution in [1.82, 2.24) is 4.98 Å². The lowest BCUT2D eigenvalue weighted by molar-refractivity contribution is -0.385. The maximum Gasteiger partial charge on any atom is 0.283 e. The number of amides is 2. The first kappa shape index (κ1) is 24.4. The zero-order valence-corrected chi connectivity index (χ0v) is 22.3. The van der Waals surface area contributed by atoms with E-state index < -0.39 is 22.4 Å². The Morgan fingerprint density at radius 1 is 0.925 bits per heavy atom. The van der Waals surface area contributed by atoms with Gasteiger partial charge in [0.05, 0.1) is 32.1 Å². The molecule has 1 aliphatic carbocycles. The highest BCUT2D eigenvalue weighted by molar-refractivity contribution is 8.01. The Labute approximate surface area is 235 Å². The number of imide groups is 1. The lowest BCUT2D eigenvalue weighted by Crippen LogP contribution is -2.29. The summed E-state index contributed by atoms with van der Waals surface area (Å²) in [6.45, 7) is 0. The molecule has 0 bridgehead atoms. The van der Waals surface area contributed by atoms with Gasteiger partial charge in [-0.25, -0.2) is 9.88 Å². The SMILES string of the molecule is O=C(CSc1nc2ccc(N3C(=O)c4cccc([N+](=O)[O-])c4C3=O)cc2s1)c1ccc2c(c1)Cc1ccccc1-2. The van der Waals surface area contributed by atoms with Crippen LogP contribution in [0.3, 0.4) is 0 Å². The fourth-order valence-corrected chi connectivity index (χ4v) is 7.27. The number of anilines is 1. The van der Waals surface area contributed by atoms with Crippen molar-refractivity contribution in [3.63, 3.8) is 0 Å². The van der Waals surface area contributed by atoms with E-state index in [-0.39, 0.29) is 22.7 Å². The van der Waals surface area contributed by atoms with Gasteiger partial charge in [0.2, 0.25) is 0 Å². The number of thioether (sulfide) groups is 1. The van der Waals surface area contributed by atoms with Gasteiger partial charge in [0.25, 0.3) is 17.5 Å². The van der Waals surface area contributed by atoms with Gasteiger partial charge in [-0.3, -0.25) is 24.5 Å². The van der Waals surface area contributed by atoms with Crippen LogP contribution in [0.5, 0.6) is 0 Å². The number of fused-ring (bicyclic) bond motifs is 5. The number of hydrogen-bond acceptors (Lipinski definition) is 8. The second kappa shape index (κ2) is 9.22. The summed E-state index contributed by atoms with van der Waals surface area (Å²) in [5.74, 6) is -1.10. The summed E-state index contributed by atoms with van der Waals surface area (Å²) >= 11 is 2.69. The Morgan fingerprint density at radius 2 is 1.73 bits per heavy atom. The van der Waals surface area contributed by atoms with Crippen molar-refractivity contribution < 1.29 is 19.3 Å². The molecule has 2 amide bonds. The third-order valence-electron chi connectivity index (χ3n) is 7.14. The van der Waals surface area contributed by atoms with Crippen LogP contribution in [-0.4, -0.2) is 33.3 Å². The number of thiazole rings is 1. The Hall–Kier alpha value is -4.67. The van der Waals surface area contributed by atoms with Gasteiger partial charge < -0.3 is 0 Å². The van der Waals surface area contributed by atoms with Crippen molar-refractivity contribution in [2.45, 2.75) is 10.8 Å². The van der Waals surface area contributed by atoms with E-state index in [0.29, 0.717) is 21.1 Å². The Balaban J connectivity index is 1.09. The minimum Gasteiger partial charge on any atom is -0.293 e. The molecule has 8 nitrogen and oxygen atoms in total. The fraction of sp³-hybridized carbons (Fsp3) is 0.0667. The Bertz CT molecular complexity index is 1950. The summed E-state index contributed by atoms with van der Waals surface area (Å²) in [5, 5.41) is 11.4. The standard InChI is InChI=1S/C30H17N3O5S2/c34-25(17-8-10-21-18(13-17)12-16-4-1-2-5-20(16)21)15-39-30-31-23-11-9-19(14-26(23)40-30)32-28(35)22-6-3-7-24(33(37)38)27(22)29(32)36/h1-11,13-14H,12,15H2. The predicted octanol–water partition coefficient (Wildman–Crippen LogP) is 6.55. The van der Waals surface area contributed by atoms with Crippen molar-refractivity contribution in [3.05, 3.63) is 117 Å². The first-order chi connectivity index (χ1) is 19.4. The summed E-state index contributed by atoms with van der Waals surface area (Å²) in [6.07, 6.45) is 0.820. The predicted molar refractivity (Wildman–Crippen MR) is 154 cm³/mol. The lowest BCUT2D eigenvalue weighted by atomic mass is 10.0. The molecule has 0 radical (unpaired) electrons. The van der Waals surface area contributed by atoms with Crippen LogP contribution in [0.1, 0.15) is 42.2 Å². The molecule has 1 aromatic heterocycles. The molecule has 0 saturated carbocycles. The molecule has 1 aliphatic heterocycles. The summed E-state index contributed by atoms with van der Waals surface area (Å²) in [7, 11) is 0. The van der Waals surface area contributed by atoms with E-state index in [9.17, 15) is 24.5 Å². The molecule has 2 aliphatic rings. The molecule has 10 heteroatoms. The summed E-state index contributed by atoms with van der Waals surface area (Å²) in [6, 6.07) is 23.1. The maximum absolute atomic E-state index is 13.1. The van der Waals surface area contributed by atoms with Crippen molar-refractivity contribution >= 4 is 62.3 Å². The minimum atomic E-state index is -0.728. The molecule has 194 valence electrons. The van der Waals surface area contributed by atoms with Gasteiger partial charge in [-0.2, -0.15) is 0 Å². The number of Topliss-reactive ketones (excluding diaryl/α,β-unsaturated/α-hetero) is 1. The number of rotatable bonds is 6. The topological polar surface area (TPSA) is 110 Å². The molecule has 0 saturated heterocycles. The first-order valence-electron chi connectivity index (χ1n) is 12.3. The maximum atomic E-state index is 13.1. The molecule has 0 N–H and O–H groups in total. The third kappa shape index (κ3) is 3.83. The largest absolute Gasteiger partial charge is 0.293 e. The van der Waals surface area contributed by atoms with Crippen molar-refractivity contribution in [3.8, 4) is 11.1 Å². The number of carbonyl (C=O) groups is 3. The minimum absolute atomic E-state index is 0.00814. The van der Waals surface area contributed by atoms with Gasteiger partial charge >= 0.3 is 0 Å². The number of nitro groups is 1. The molecule has 0 fully saturated rings. The zero-order valence-electron chi connectivity index (χ0n) is 20.6. The van der Waals surface area contributed by atoms with Gasteiger partial charge in [0, 0.05) is 11.6 Å². The number of hydrogen-bond donors (Lipinski definition) is 0. The third-order valence-corrected chi connectivity index (χ3v) is 9.30. The molecule has 0 spiro atoms. The average molecular weight is 564 g/mol. The van der Waals surface area contributed by atoms with E-state index in [2.05, 4.69) is 17.1 Å². The van der Waals surface area contributed by atoms with E-state index in [4.69, 9.17) is 0 Å². The normalized spacial score (nSPS) is 13.4. The number of benzene rings is 4.